The number of halogens is 2. The molecule has 2 atom stereocenters. The van der Waals surface area contributed by atoms with Crippen LogP contribution in [0, 0.1) is 11.7 Å². The Labute approximate surface area is 146 Å². The van der Waals surface area contributed by atoms with Crippen molar-refractivity contribution in [2.75, 3.05) is 19.6 Å². The Morgan fingerprint density at radius 1 is 1.38 bits per heavy atom. The van der Waals surface area contributed by atoms with Crippen LogP contribution < -0.4 is 0 Å². The summed E-state index contributed by atoms with van der Waals surface area (Å²) in [5.41, 5.74) is 0.341. The third-order valence-electron chi connectivity index (χ3n) is 5.06. The molecule has 0 unspecified atom stereocenters. The van der Waals surface area contributed by atoms with Crippen LogP contribution in [0.4, 0.5) is 4.39 Å². The highest BCUT2D eigenvalue weighted by molar-refractivity contribution is 6.33. The zero-order valence-electron chi connectivity index (χ0n) is 13.8. The summed E-state index contributed by atoms with van der Waals surface area (Å²) in [5, 5.41) is 0.147. The van der Waals surface area contributed by atoms with E-state index in [4.69, 9.17) is 11.6 Å². The first-order chi connectivity index (χ1) is 11.5. The van der Waals surface area contributed by atoms with Crippen molar-refractivity contribution < 1.29 is 14.0 Å². The number of amides is 2. The molecule has 130 valence electrons. The quantitative estimate of drug-likeness (QED) is 0.837. The van der Waals surface area contributed by atoms with Gasteiger partial charge in [-0.05, 0) is 43.4 Å². The molecule has 4 nitrogen and oxygen atoms in total. The number of carbonyl (C=O) groups is 2. The van der Waals surface area contributed by atoms with Crippen molar-refractivity contribution in [3.05, 3.63) is 34.6 Å². The Morgan fingerprint density at radius 3 is 2.88 bits per heavy atom. The van der Waals surface area contributed by atoms with E-state index in [1.807, 2.05) is 4.90 Å². The molecule has 0 aromatic heterocycles. The molecule has 0 N–H and O–H groups in total. The summed E-state index contributed by atoms with van der Waals surface area (Å²) in [6.45, 7) is 4.09. The number of rotatable bonds is 3. The number of benzene rings is 1. The van der Waals surface area contributed by atoms with Gasteiger partial charge in [0.15, 0.2) is 0 Å². The molecule has 0 saturated carbocycles. The molecule has 2 amide bonds. The van der Waals surface area contributed by atoms with Crippen LogP contribution in [0.25, 0.3) is 0 Å². The molecule has 6 heteroatoms. The van der Waals surface area contributed by atoms with Gasteiger partial charge in [0.2, 0.25) is 5.91 Å². The lowest BCUT2D eigenvalue weighted by molar-refractivity contribution is -0.140. The van der Waals surface area contributed by atoms with E-state index in [2.05, 4.69) is 6.92 Å². The van der Waals surface area contributed by atoms with Crippen molar-refractivity contribution in [2.24, 2.45) is 5.92 Å². The predicted octanol–water partition coefficient (Wildman–Crippen LogP) is 3.34. The van der Waals surface area contributed by atoms with Crippen molar-refractivity contribution >= 4 is 23.4 Å². The highest BCUT2D eigenvalue weighted by atomic mass is 35.5. The molecular formula is C18H22ClFN2O2. The van der Waals surface area contributed by atoms with Crippen LogP contribution in [0.3, 0.4) is 0 Å². The molecule has 2 fully saturated rings. The Hall–Kier alpha value is -1.62. The lowest BCUT2D eigenvalue weighted by Gasteiger charge is -2.47. The SMILES string of the molecule is CCCN1C(=O)CC[C@@H]2CN(C(=O)c3ccc(F)cc3Cl)CC[C@@H]21. The van der Waals surface area contributed by atoms with Gasteiger partial charge in [-0.3, -0.25) is 9.59 Å². The van der Waals surface area contributed by atoms with Crippen molar-refractivity contribution in [1.82, 2.24) is 9.80 Å². The molecule has 3 rings (SSSR count). The second kappa shape index (κ2) is 7.09. The summed E-state index contributed by atoms with van der Waals surface area (Å²) in [6, 6.07) is 4.11. The monoisotopic (exact) mass is 352 g/mol. The van der Waals surface area contributed by atoms with E-state index >= 15 is 0 Å². The van der Waals surface area contributed by atoms with Gasteiger partial charge >= 0.3 is 0 Å². The molecule has 1 aromatic carbocycles. The number of hydrogen-bond donors (Lipinski definition) is 0. The molecule has 0 radical (unpaired) electrons. The van der Waals surface area contributed by atoms with E-state index in [1.54, 1.807) is 4.90 Å². The lowest BCUT2D eigenvalue weighted by atomic mass is 9.83. The number of piperidine rings is 2. The molecule has 2 saturated heterocycles. The first-order valence-corrected chi connectivity index (χ1v) is 8.93. The first kappa shape index (κ1) is 17.2. The van der Waals surface area contributed by atoms with E-state index in [1.165, 1.54) is 18.2 Å². The molecule has 0 spiro atoms. The highest BCUT2D eigenvalue weighted by Gasteiger charge is 2.40. The van der Waals surface area contributed by atoms with Gasteiger partial charge in [-0.2, -0.15) is 0 Å². The fraction of sp³-hybridized carbons (Fsp3) is 0.556. The van der Waals surface area contributed by atoms with E-state index in [0.29, 0.717) is 31.0 Å². The maximum Gasteiger partial charge on any atom is 0.255 e. The van der Waals surface area contributed by atoms with Crippen LogP contribution in [0.2, 0.25) is 5.02 Å². The fourth-order valence-corrected chi connectivity index (χ4v) is 4.15. The molecule has 1 aromatic rings. The van der Waals surface area contributed by atoms with Crippen molar-refractivity contribution in [2.45, 2.75) is 38.6 Å². The van der Waals surface area contributed by atoms with E-state index < -0.39 is 5.82 Å². The predicted molar refractivity (Wildman–Crippen MR) is 90.4 cm³/mol. The number of fused-ring (bicyclic) bond motifs is 1. The average Bonchev–Trinajstić information content (AvgIpc) is 2.56. The summed E-state index contributed by atoms with van der Waals surface area (Å²) in [4.78, 5) is 28.7. The maximum absolute atomic E-state index is 13.2. The Kier molecular flexibility index (Phi) is 5.09. The average molecular weight is 353 g/mol. The summed E-state index contributed by atoms with van der Waals surface area (Å²) in [6.07, 6.45) is 3.12. The molecule has 2 heterocycles. The third kappa shape index (κ3) is 3.27. The van der Waals surface area contributed by atoms with Gasteiger partial charge in [0, 0.05) is 32.1 Å². The normalized spacial score (nSPS) is 24.0. The number of nitrogens with zero attached hydrogens (tertiary/aromatic N) is 2. The number of likely N-dealkylation sites (tertiary alicyclic amines) is 2. The van der Waals surface area contributed by atoms with Crippen molar-refractivity contribution in [1.29, 1.82) is 0 Å². The van der Waals surface area contributed by atoms with Crippen molar-refractivity contribution in [3.8, 4) is 0 Å². The minimum Gasteiger partial charge on any atom is -0.339 e. The maximum atomic E-state index is 13.2. The van der Waals surface area contributed by atoms with Crippen LogP contribution in [0.15, 0.2) is 18.2 Å². The standard InChI is InChI=1S/C18H22ClFN2O2/c1-2-8-22-16-7-9-21(11-12(16)3-6-17(22)23)18(24)14-5-4-13(20)10-15(14)19/h4-5,10,12,16H,2-3,6-9,11H2,1H3/t12-,16+/m1/s1. The molecule has 0 bridgehead atoms. The minimum atomic E-state index is -0.448. The lowest BCUT2D eigenvalue weighted by Crippen LogP contribution is -2.57. The Balaban J connectivity index is 1.73. The second-order valence-corrected chi connectivity index (χ2v) is 7.02. The molecule has 24 heavy (non-hydrogen) atoms. The summed E-state index contributed by atoms with van der Waals surface area (Å²) < 4.78 is 13.2. The molecular weight excluding hydrogens is 331 g/mol. The van der Waals surface area contributed by atoms with Gasteiger partial charge < -0.3 is 9.80 Å². The second-order valence-electron chi connectivity index (χ2n) is 6.62. The molecule has 2 aliphatic heterocycles. The van der Waals surface area contributed by atoms with Gasteiger partial charge in [0.25, 0.3) is 5.91 Å². The van der Waals surface area contributed by atoms with Crippen LogP contribution in [-0.2, 0) is 4.79 Å². The van der Waals surface area contributed by atoms with Gasteiger partial charge in [0.05, 0.1) is 10.6 Å². The van der Waals surface area contributed by atoms with Gasteiger partial charge in [-0.1, -0.05) is 18.5 Å². The van der Waals surface area contributed by atoms with Crippen LogP contribution in [0.1, 0.15) is 43.0 Å². The zero-order chi connectivity index (χ0) is 17.3. The van der Waals surface area contributed by atoms with Gasteiger partial charge in [0.1, 0.15) is 5.82 Å². The topological polar surface area (TPSA) is 40.6 Å². The fourth-order valence-electron chi connectivity index (χ4n) is 3.90. The Bertz CT molecular complexity index is 652. The van der Waals surface area contributed by atoms with Gasteiger partial charge in [-0.15, -0.1) is 0 Å². The molecule has 2 aliphatic rings. The van der Waals surface area contributed by atoms with Crippen LogP contribution in [0.5, 0.6) is 0 Å². The van der Waals surface area contributed by atoms with Gasteiger partial charge in [-0.25, -0.2) is 4.39 Å². The summed E-state index contributed by atoms with van der Waals surface area (Å²) in [7, 11) is 0. The number of hydrogen-bond acceptors (Lipinski definition) is 2. The summed E-state index contributed by atoms with van der Waals surface area (Å²) >= 11 is 6.02. The minimum absolute atomic E-state index is 0.147. The zero-order valence-corrected chi connectivity index (χ0v) is 14.6. The van der Waals surface area contributed by atoms with E-state index in [9.17, 15) is 14.0 Å². The largest absolute Gasteiger partial charge is 0.339 e. The van der Waals surface area contributed by atoms with Crippen molar-refractivity contribution in [3.63, 3.8) is 0 Å². The first-order valence-electron chi connectivity index (χ1n) is 8.55. The number of carbonyl (C=O) groups excluding carboxylic acids is 2. The smallest absolute Gasteiger partial charge is 0.255 e. The van der Waals surface area contributed by atoms with Crippen LogP contribution >= 0.6 is 11.6 Å². The van der Waals surface area contributed by atoms with E-state index in [-0.39, 0.29) is 22.9 Å². The van der Waals surface area contributed by atoms with Crippen LogP contribution in [-0.4, -0.2) is 47.3 Å². The Morgan fingerprint density at radius 2 is 2.17 bits per heavy atom. The third-order valence-corrected chi connectivity index (χ3v) is 5.37. The summed E-state index contributed by atoms with van der Waals surface area (Å²) in [5.74, 6) is -0.0562. The highest BCUT2D eigenvalue weighted by Crippen LogP contribution is 2.32. The molecule has 0 aliphatic carbocycles. The van der Waals surface area contributed by atoms with E-state index in [0.717, 1.165) is 25.8 Å².